The molecule has 2 amide bonds. The highest BCUT2D eigenvalue weighted by Gasteiger charge is 2.49. The number of methoxy groups -OCH3 is 3. The molecule has 1 atom stereocenters. The van der Waals surface area contributed by atoms with E-state index in [1.165, 1.54) is 19.9 Å². The van der Waals surface area contributed by atoms with Crippen LogP contribution in [-0.4, -0.2) is 71.7 Å². The fraction of sp³-hybridized carbons (Fsp3) is 0.538. The first-order valence-corrected chi connectivity index (χ1v) is 12.3. The summed E-state index contributed by atoms with van der Waals surface area (Å²) in [6.45, 7) is 2.22. The second-order valence-corrected chi connectivity index (χ2v) is 9.54. The molecule has 10 nitrogen and oxygen atoms in total. The van der Waals surface area contributed by atoms with Crippen LogP contribution in [0.4, 0.5) is 0 Å². The largest absolute Gasteiger partial charge is 0.493 e. The lowest BCUT2D eigenvalue weighted by atomic mass is 9.91. The summed E-state index contributed by atoms with van der Waals surface area (Å²) >= 11 is 0. The third kappa shape index (κ3) is 4.76. The van der Waals surface area contributed by atoms with E-state index in [9.17, 15) is 14.4 Å². The average Bonchev–Trinajstić information content (AvgIpc) is 3.32. The Balaban J connectivity index is 1.65. The first kappa shape index (κ1) is 25.5. The average molecular weight is 499 g/mol. The smallest absolute Gasteiger partial charge is 0.359 e. The van der Waals surface area contributed by atoms with Crippen LogP contribution in [-0.2, 0) is 22.5 Å². The fourth-order valence-electron chi connectivity index (χ4n) is 5.15. The highest BCUT2D eigenvalue weighted by molar-refractivity contribution is 6.06. The number of imidazole rings is 1. The Morgan fingerprint density at radius 2 is 1.83 bits per heavy atom. The minimum Gasteiger partial charge on any atom is -0.493 e. The highest BCUT2D eigenvalue weighted by Crippen LogP contribution is 2.32. The lowest BCUT2D eigenvalue weighted by molar-refractivity contribution is -0.133. The number of hydrogen-bond acceptors (Lipinski definition) is 7. The van der Waals surface area contributed by atoms with E-state index in [1.807, 2.05) is 18.2 Å². The van der Waals surface area contributed by atoms with E-state index >= 15 is 0 Å². The maximum Gasteiger partial charge on any atom is 0.359 e. The number of aromatic nitrogens is 2. The molecule has 10 heteroatoms. The minimum atomic E-state index is -1.16. The summed E-state index contributed by atoms with van der Waals surface area (Å²) in [6.07, 6.45) is 7.11. The number of rotatable bonds is 8. The molecule has 1 aliphatic carbocycles. The van der Waals surface area contributed by atoms with Crippen molar-refractivity contribution >= 4 is 17.8 Å². The van der Waals surface area contributed by atoms with Gasteiger partial charge in [-0.1, -0.05) is 25.3 Å². The van der Waals surface area contributed by atoms with Crippen LogP contribution >= 0.6 is 0 Å². The maximum atomic E-state index is 13.8. The van der Waals surface area contributed by atoms with Gasteiger partial charge in [-0.2, -0.15) is 0 Å². The van der Waals surface area contributed by atoms with E-state index in [0.29, 0.717) is 17.9 Å². The van der Waals surface area contributed by atoms with Crippen LogP contribution in [0.5, 0.6) is 11.5 Å². The first-order valence-electron chi connectivity index (χ1n) is 12.3. The van der Waals surface area contributed by atoms with Gasteiger partial charge in [-0.15, -0.1) is 0 Å². The molecule has 0 bridgehead atoms. The SMILES string of the molecule is COC(=O)c1ncn2c1C(=O)N(CCc1ccc(OC)c(OC)c1)C(C)(C(=O)NC1CCCCC1)C2. The number of nitrogens with zero attached hydrogens (tertiary/aromatic N) is 3. The molecule has 1 N–H and O–H groups in total. The fourth-order valence-corrected chi connectivity index (χ4v) is 5.15. The monoisotopic (exact) mass is 498 g/mol. The van der Waals surface area contributed by atoms with Crippen LogP contribution in [0.25, 0.3) is 0 Å². The summed E-state index contributed by atoms with van der Waals surface area (Å²) in [6, 6.07) is 5.67. The van der Waals surface area contributed by atoms with Gasteiger partial charge in [0, 0.05) is 12.6 Å². The molecule has 194 valence electrons. The molecule has 4 rings (SSSR count). The maximum absolute atomic E-state index is 13.8. The second kappa shape index (κ2) is 10.6. The molecule has 0 saturated heterocycles. The third-order valence-corrected chi connectivity index (χ3v) is 7.24. The van der Waals surface area contributed by atoms with Gasteiger partial charge in [0.05, 0.1) is 34.2 Å². The molecule has 0 radical (unpaired) electrons. The van der Waals surface area contributed by atoms with Gasteiger partial charge in [0.25, 0.3) is 5.91 Å². The van der Waals surface area contributed by atoms with Crippen molar-refractivity contribution in [1.82, 2.24) is 19.8 Å². The number of carbonyl (C=O) groups is 3. The third-order valence-electron chi connectivity index (χ3n) is 7.24. The standard InChI is InChI=1S/C26H34N4O6/c1-26(25(33)28-18-8-6-5-7-9-18)15-29-16-27-21(24(32)36-4)22(29)23(31)30(26)13-12-17-10-11-19(34-2)20(14-17)35-3/h10-11,14,16,18H,5-9,12-13,15H2,1-4H3,(H,28,33). The molecule has 2 heterocycles. The molecular weight excluding hydrogens is 464 g/mol. The van der Waals surface area contributed by atoms with E-state index in [-0.39, 0.29) is 36.4 Å². The van der Waals surface area contributed by atoms with Crippen LogP contribution in [0.15, 0.2) is 24.5 Å². The summed E-state index contributed by atoms with van der Waals surface area (Å²) in [7, 11) is 4.39. The molecule has 1 unspecified atom stereocenters. The quantitative estimate of drug-likeness (QED) is 0.557. The Kier molecular flexibility index (Phi) is 7.51. The predicted octanol–water partition coefficient (Wildman–Crippen LogP) is 2.59. The highest BCUT2D eigenvalue weighted by atomic mass is 16.5. The van der Waals surface area contributed by atoms with Crippen molar-refractivity contribution < 1.29 is 28.6 Å². The molecular formula is C26H34N4O6. The Morgan fingerprint density at radius 1 is 1.11 bits per heavy atom. The number of ether oxygens (including phenoxy) is 3. The number of benzene rings is 1. The molecule has 1 aliphatic heterocycles. The number of nitrogens with one attached hydrogen (secondary N) is 1. The van der Waals surface area contributed by atoms with E-state index in [4.69, 9.17) is 14.2 Å². The van der Waals surface area contributed by atoms with Gasteiger partial charge in [-0.05, 0) is 43.9 Å². The number of hydrogen-bond donors (Lipinski definition) is 1. The Hall–Kier alpha value is -3.56. The summed E-state index contributed by atoms with van der Waals surface area (Å²) in [5, 5.41) is 3.19. The molecule has 1 aromatic heterocycles. The zero-order valence-electron chi connectivity index (χ0n) is 21.3. The van der Waals surface area contributed by atoms with Crippen molar-refractivity contribution in [3.8, 4) is 11.5 Å². The zero-order valence-corrected chi connectivity index (χ0v) is 21.3. The van der Waals surface area contributed by atoms with Crippen LogP contribution in [0.1, 0.15) is 65.6 Å². The Morgan fingerprint density at radius 3 is 2.50 bits per heavy atom. The van der Waals surface area contributed by atoms with E-state index in [2.05, 4.69) is 10.3 Å². The first-order chi connectivity index (χ1) is 17.3. The Bertz CT molecular complexity index is 1140. The van der Waals surface area contributed by atoms with Gasteiger partial charge in [0.1, 0.15) is 11.2 Å². The summed E-state index contributed by atoms with van der Waals surface area (Å²) in [5.74, 6) is -0.121. The van der Waals surface area contributed by atoms with Gasteiger partial charge in [0.2, 0.25) is 5.91 Å². The predicted molar refractivity (Wildman–Crippen MR) is 131 cm³/mol. The van der Waals surface area contributed by atoms with Gasteiger partial charge < -0.3 is 29.0 Å². The summed E-state index contributed by atoms with van der Waals surface area (Å²) in [4.78, 5) is 45.5. The van der Waals surface area contributed by atoms with Gasteiger partial charge in [-0.25, -0.2) is 9.78 Å². The molecule has 0 spiro atoms. The minimum absolute atomic E-state index is 0.0478. The molecule has 1 fully saturated rings. The second-order valence-electron chi connectivity index (χ2n) is 9.54. The van der Waals surface area contributed by atoms with E-state index < -0.39 is 17.4 Å². The van der Waals surface area contributed by atoms with Crippen LogP contribution in [0.2, 0.25) is 0 Å². The topological polar surface area (TPSA) is 112 Å². The normalized spacial score (nSPS) is 20.0. The molecule has 36 heavy (non-hydrogen) atoms. The van der Waals surface area contributed by atoms with E-state index in [0.717, 1.165) is 31.2 Å². The molecule has 2 aromatic rings. The van der Waals surface area contributed by atoms with E-state index in [1.54, 1.807) is 30.6 Å². The lowest BCUT2D eigenvalue weighted by Crippen LogP contribution is -2.65. The molecule has 2 aliphatic rings. The number of amides is 2. The lowest BCUT2D eigenvalue weighted by Gasteiger charge is -2.44. The van der Waals surface area contributed by atoms with Crippen LogP contribution in [0, 0.1) is 0 Å². The number of esters is 1. The van der Waals surface area contributed by atoms with Crippen LogP contribution < -0.4 is 14.8 Å². The number of fused-ring (bicyclic) bond motifs is 1. The van der Waals surface area contributed by atoms with Crippen molar-refractivity contribution in [2.45, 2.75) is 63.6 Å². The zero-order chi connectivity index (χ0) is 25.9. The van der Waals surface area contributed by atoms with Crippen molar-refractivity contribution in [1.29, 1.82) is 0 Å². The van der Waals surface area contributed by atoms with Gasteiger partial charge >= 0.3 is 5.97 Å². The summed E-state index contributed by atoms with van der Waals surface area (Å²) in [5.41, 5.74) is -0.153. The van der Waals surface area contributed by atoms with Crippen LogP contribution in [0.3, 0.4) is 0 Å². The number of carbonyl (C=O) groups excluding carboxylic acids is 3. The van der Waals surface area contributed by atoms with Crippen molar-refractivity contribution in [2.24, 2.45) is 0 Å². The summed E-state index contributed by atoms with van der Waals surface area (Å²) < 4.78 is 17.1. The van der Waals surface area contributed by atoms with Crippen molar-refractivity contribution in [3.05, 3.63) is 41.5 Å². The molecule has 1 aromatic carbocycles. The van der Waals surface area contributed by atoms with Gasteiger partial charge in [-0.3, -0.25) is 9.59 Å². The van der Waals surface area contributed by atoms with Crippen molar-refractivity contribution in [2.75, 3.05) is 27.9 Å². The van der Waals surface area contributed by atoms with Crippen molar-refractivity contribution in [3.63, 3.8) is 0 Å². The van der Waals surface area contributed by atoms with Gasteiger partial charge in [0.15, 0.2) is 17.2 Å². The molecule has 1 saturated carbocycles. The Labute approximate surface area is 210 Å².